The van der Waals surface area contributed by atoms with E-state index in [2.05, 4.69) is 45.7 Å². The third kappa shape index (κ3) is 42.3. The fraction of sp³-hybridized carbons (Fsp3) is 0.698. The number of aliphatic hydroxyl groups is 5. The zero-order valence-electron chi connectivity index (χ0n) is 73.9. The predicted molar refractivity (Wildman–Crippen MR) is 466 cm³/mol. The Morgan fingerprint density at radius 1 is 0.420 bits per heavy atom. The molecular formula is C96H152N6O17. The first-order valence-electron chi connectivity index (χ1n) is 45.1. The smallest absolute Gasteiger partial charge is 0.223 e. The van der Waals surface area contributed by atoms with E-state index in [-0.39, 0.29) is 133 Å². The number of nitrogens with one attached hydrogen (secondary N) is 6. The standard InChI is InChI=1S/C34H54N2O6.C31H48N2O6.C31H50N2O5/c1-4-24(2)34(35-25(3)38)32(41)22-28(17-11-16-26-12-7-5-8-13-26)21-31(40)30(20-27-14-9-6-10-15-27)36-33(42)19-18-29(39)23-37;1-4-21(2)31(32-22(3)35)29(38)19-25(24-13-9-6-10-14-24)18-28(37)27(17-23-11-7-5-8-12-23)33-30(39)16-15-26(36)20-34;1-6-22(4)30(32-23(5)34)29(36)20-25(13-12-21(2)3)19-28(35)27(18-24-10-8-7-9-11-24)33-31(37)26-14-16-38-17-15-26/h6,9-10,14-15,24,26,28,30-31,34,37,40H,4-5,7-8,11-13,16-23H2,1-3H3,(H,35,38)(H,36,42);5,7-8,11-12,21,24-25,27-28,31,34,37H,4,6,9-10,13-20H2,1-3H3,(H,32,35)(H,33,39);7-11,21-22,25-28,30,35H,6,12-20H2,1-5H3,(H,32,34)(H,33,37)/t24?,28-,30-,31-,34-;21?,25-,27-,28-,31-;22?,25-,27-,28-,30-/m000/s1. The summed E-state index contributed by atoms with van der Waals surface area (Å²) in [7, 11) is 0. The largest absolute Gasteiger partial charge is 0.391 e. The summed E-state index contributed by atoms with van der Waals surface area (Å²) >= 11 is 0. The number of hydrogen-bond donors (Lipinski definition) is 11. The number of aliphatic hydroxyl groups excluding tert-OH is 5. The van der Waals surface area contributed by atoms with Gasteiger partial charge in [0, 0.05) is 84.8 Å². The lowest BCUT2D eigenvalue weighted by Gasteiger charge is -2.35. The minimum absolute atomic E-state index is 0.000890. The molecule has 0 spiro atoms. The van der Waals surface area contributed by atoms with Crippen LogP contribution in [-0.4, -0.2) is 171 Å². The van der Waals surface area contributed by atoms with Crippen molar-refractivity contribution in [3.63, 3.8) is 0 Å². The molecule has 15 atom stereocenters. The maximum absolute atomic E-state index is 13.5. The summed E-state index contributed by atoms with van der Waals surface area (Å²) in [5.74, 6) is -1.02. The second kappa shape index (κ2) is 58.6. The molecule has 11 N–H and O–H groups in total. The van der Waals surface area contributed by atoms with Gasteiger partial charge in [-0.3, -0.25) is 52.7 Å². The molecule has 3 aliphatic rings. The van der Waals surface area contributed by atoms with Gasteiger partial charge in [0.05, 0.1) is 54.6 Å². The highest BCUT2D eigenvalue weighted by Gasteiger charge is 2.38. The van der Waals surface area contributed by atoms with Crippen molar-refractivity contribution >= 4 is 64.4 Å². The first-order valence-corrected chi connectivity index (χ1v) is 45.1. The van der Waals surface area contributed by atoms with Crippen LogP contribution in [0, 0.1) is 59.2 Å². The van der Waals surface area contributed by atoms with Gasteiger partial charge in [0.15, 0.2) is 28.9 Å². The molecule has 0 radical (unpaired) electrons. The Kier molecular flexibility index (Phi) is 51.2. The van der Waals surface area contributed by atoms with Gasteiger partial charge in [0.25, 0.3) is 0 Å². The van der Waals surface area contributed by atoms with Crippen molar-refractivity contribution < 1.29 is 83.0 Å². The molecule has 0 aromatic heterocycles. The SMILES string of the molecule is CCC(C)[C@H](NC(C)=O)C(=O)C[C@@H](CCC(C)C)C[C@H](O)[C@H](Cc1ccccc1)NC(=O)C1CCOCC1.CCC(C)[C@H](NC(C)=O)C(=O)C[C@@H](CCCC1CCCCC1)C[C@H](O)[C@H](Cc1ccccc1)NC(=O)CCC(=O)CO.CCC(C)[C@H](NC(C)=O)C(=O)C[C@H](C[C@H](O)[C@H](Cc1ccccc1)NC(=O)CCC(=O)CO)C1CCCCC1. The van der Waals surface area contributed by atoms with Crippen LogP contribution >= 0.6 is 0 Å². The summed E-state index contributed by atoms with van der Waals surface area (Å²) in [5.41, 5.74) is 2.96. The minimum Gasteiger partial charge on any atom is -0.391 e. The normalized spacial score (nSPS) is 17.9. The van der Waals surface area contributed by atoms with Crippen molar-refractivity contribution in [3.8, 4) is 0 Å². The fourth-order valence-corrected chi connectivity index (χ4v) is 17.0. The molecule has 1 saturated heterocycles. The number of rotatable bonds is 53. The van der Waals surface area contributed by atoms with Crippen molar-refractivity contribution in [1.82, 2.24) is 31.9 Å². The Balaban J connectivity index is 0.000000376. The van der Waals surface area contributed by atoms with Gasteiger partial charge in [-0.15, -0.1) is 0 Å². The molecule has 119 heavy (non-hydrogen) atoms. The van der Waals surface area contributed by atoms with Crippen molar-refractivity contribution in [2.24, 2.45) is 59.2 Å². The lowest BCUT2D eigenvalue weighted by Crippen LogP contribution is -2.49. The molecule has 6 rings (SSSR count). The summed E-state index contributed by atoms with van der Waals surface area (Å²) in [4.78, 5) is 138. The Labute approximate surface area is 711 Å². The average molecular weight is 1660 g/mol. The Morgan fingerprint density at radius 2 is 0.782 bits per heavy atom. The van der Waals surface area contributed by atoms with Crippen LogP contribution < -0.4 is 31.9 Å². The second-order valence-electron chi connectivity index (χ2n) is 35.2. The number of carbonyl (C=O) groups excluding carboxylic acids is 11. The molecule has 3 aromatic carbocycles. The van der Waals surface area contributed by atoms with Gasteiger partial charge in [0.2, 0.25) is 35.4 Å². The number of ketones is 5. The van der Waals surface area contributed by atoms with Gasteiger partial charge >= 0.3 is 0 Å². The van der Waals surface area contributed by atoms with Crippen molar-refractivity contribution in [2.75, 3.05) is 26.4 Å². The highest BCUT2D eigenvalue weighted by molar-refractivity contribution is 5.91. The molecule has 3 fully saturated rings. The van der Waals surface area contributed by atoms with E-state index in [0.29, 0.717) is 82.8 Å². The predicted octanol–water partition coefficient (Wildman–Crippen LogP) is 12.7. The van der Waals surface area contributed by atoms with E-state index in [1.807, 2.05) is 133 Å². The molecule has 1 aliphatic heterocycles. The van der Waals surface area contributed by atoms with Crippen LogP contribution in [0.4, 0.5) is 0 Å². The number of ether oxygens (including phenoxy) is 1. The maximum Gasteiger partial charge on any atom is 0.223 e. The summed E-state index contributed by atoms with van der Waals surface area (Å²) in [6.45, 7) is 20.5. The molecular weight excluding hydrogens is 1510 g/mol. The summed E-state index contributed by atoms with van der Waals surface area (Å²) in [6, 6.07) is 25.8. The summed E-state index contributed by atoms with van der Waals surface area (Å²) in [6.07, 6.45) is 20.5. The Morgan fingerprint density at radius 3 is 1.15 bits per heavy atom. The van der Waals surface area contributed by atoms with Crippen LogP contribution in [0.5, 0.6) is 0 Å². The molecule has 0 bridgehead atoms. The Hall–Kier alpha value is -7.41. The van der Waals surface area contributed by atoms with Crippen molar-refractivity contribution in [3.05, 3.63) is 108 Å². The summed E-state index contributed by atoms with van der Waals surface area (Å²) in [5, 5.41) is 70.0. The monoisotopic (exact) mass is 1660 g/mol. The molecule has 2 saturated carbocycles. The van der Waals surface area contributed by atoms with Crippen LogP contribution in [0.2, 0.25) is 0 Å². The van der Waals surface area contributed by atoms with E-state index in [0.717, 1.165) is 99.7 Å². The maximum atomic E-state index is 13.5. The van der Waals surface area contributed by atoms with Gasteiger partial charge in [-0.2, -0.15) is 0 Å². The first kappa shape index (κ1) is 104. The van der Waals surface area contributed by atoms with E-state index in [4.69, 9.17) is 14.9 Å². The van der Waals surface area contributed by atoms with E-state index in [1.54, 1.807) is 0 Å². The second-order valence-corrected chi connectivity index (χ2v) is 35.2. The molecule has 1 heterocycles. The van der Waals surface area contributed by atoms with Gasteiger partial charge in [-0.05, 0) is 134 Å². The minimum atomic E-state index is -0.905. The molecule has 3 aromatic rings. The van der Waals surface area contributed by atoms with Crippen LogP contribution in [-0.2, 0) is 76.7 Å². The van der Waals surface area contributed by atoms with Gasteiger partial charge in [-0.1, -0.05) is 249 Å². The van der Waals surface area contributed by atoms with E-state index >= 15 is 0 Å². The topological polar surface area (TPSA) is 370 Å². The molecule has 23 heteroatoms. The molecule has 6 amide bonds. The number of amides is 6. The fourth-order valence-electron chi connectivity index (χ4n) is 17.0. The van der Waals surface area contributed by atoms with Crippen LogP contribution in [0.3, 0.4) is 0 Å². The van der Waals surface area contributed by atoms with Gasteiger partial charge < -0.3 is 62.2 Å². The average Bonchev–Trinajstić information content (AvgIpc) is 0.849. The van der Waals surface area contributed by atoms with Gasteiger partial charge in [-0.25, -0.2) is 0 Å². The quantitative estimate of drug-likeness (QED) is 0.0250. The number of benzene rings is 3. The van der Waals surface area contributed by atoms with Crippen molar-refractivity contribution in [1.29, 1.82) is 0 Å². The third-order valence-electron chi connectivity index (χ3n) is 24.8. The van der Waals surface area contributed by atoms with Crippen LogP contribution in [0.25, 0.3) is 0 Å². The molecule has 2 aliphatic carbocycles. The highest BCUT2D eigenvalue weighted by Crippen LogP contribution is 2.37. The number of hydrogen-bond acceptors (Lipinski definition) is 17. The third-order valence-corrected chi connectivity index (χ3v) is 24.8. The highest BCUT2D eigenvalue weighted by atomic mass is 16.5. The number of Topliss-reactive ketones (excluding diaryl/α,β-unsaturated/α-hetero) is 5. The summed E-state index contributed by atoms with van der Waals surface area (Å²) < 4.78 is 5.41. The van der Waals surface area contributed by atoms with Crippen LogP contribution in [0.15, 0.2) is 91.0 Å². The Bertz CT molecular complexity index is 3440. The van der Waals surface area contributed by atoms with E-state index < -0.39 is 79.3 Å². The zero-order valence-corrected chi connectivity index (χ0v) is 73.9. The van der Waals surface area contributed by atoms with E-state index in [1.165, 1.54) is 59.3 Å². The number of carbonyl (C=O) groups is 11. The van der Waals surface area contributed by atoms with Gasteiger partial charge in [0.1, 0.15) is 13.2 Å². The first-order chi connectivity index (χ1) is 56.9. The lowest BCUT2D eigenvalue weighted by atomic mass is 9.73. The lowest BCUT2D eigenvalue weighted by molar-refractivity contribution is -0.130. The van der Waals surface area contributed by atoms with Crippen molar-refractivity contribution in [2.45, 2.75) is 343 Å². The molecule has 668 valence electrons. The van der Waals surface area contributed by atoms with E-state index in [9.17, 15) is 68.1 Å². The molecule has 3 unspecified atom stereocenters. The molecule has 23 nitrogen and oxygen atoms in total. The van der Waals surface area contributed by atoms with Crippen LogP contribution in [0.1, 0.15) is 285 Å². The zero-order chi connectivity index (χ0) is 87.8.